The summed E-state index contributed by atoms with van der Waals surface area (Å²) in [5.74, 6) is 0. The maximum atomic E-state index is 6.45. The fourth-order valence-corrected chi connectivity index (χ4v) is 4.09. The Kier molecular flexibility index (Phi) is 6.29. The van der Waals surface area contributed by atoms with Crippen LogP contribution in [-0.4, -0.2) is 16.3 Å². The van der Waals surface area contributed by atoms with Crippen LogP contribution < -0.4 is 5.32 Å². The largest absolute Gasteiger partial charge is 0.309 e. The van der Waals surface area contributed by atoms with E-state index < -0.39 is 0 Å². The van der Waals surface area contributed by atoms with Crippen LogP contribution in [0.2, 0.25) is 5.02 Å². The Balaban J connectivity index is 2.26. The van der Waals surface area contributed by atoms with Crippen LogP contribution in [-0.2, 0) is 13.0 Å². The first-order chi connectivity index (χ1) is 10.1. The molecular weight excluding hydrogens is 370 g/mol. The van der Waals surface area contributed by atoms with E-state index in [0.29, 0.717) is 0 Å². The number of hydrogen-bond acceptors (Lipinski definition) is 3. The molecule has 1 unspecified atom stereocenters. The summed E-state index contributed by atoms with van der Waals surface area (Å²) in [4.78, 5) is 1.33. The number of nitrogens with one attached hydrogen (secondary N) is 1. The lowest BCUT2D eigenvalue weighted by atomic mass is 10.1. The molecule has 1 N–H and O–H groups in total. The van der Waals surface area contributed by atoms with Crippen molar-refractivity contribution in [2.75, 3.05) is 6.54 Å². The van der Waals surface area contributed by atoms with Gasteiger partial charge in [0.25, 0.3) is 0 Å². The van der Waals surface area contributed by atoms with Crippen molar-refractivity contribution in [3.63, 3.8) is 0 Å². The van der Waals surface area contributed by atoms with Crippen LogP contribution in [0.15, 0.2) is 15.9 Å². The number of nitrogens with zero attached hydrogens (tertiary/aromatic N) is 2. The summed E-state index contributed by atoms with van der Waals surface area (Å²) in [5.41, 5.74) is 2.03. The third-order valence-electron chi connectivity index (χ3n) is 3.42. The molecule has 0 aliphatic rings. The molecule has 0 aromatic carbocycles. The van der Waals surface area contributed by atoms with E-state index in [1.54, 1.807) is 11.3 Å². The fraction of sp³-hybridized carbons (Fsp3) is 0.533. The van der Waals surface area contributed by atoms with Gasteiger partial charge in [-0.05, 0) is 48.8 Å². The number of aromatic nitrogens is 2. The molecule has 0 bridgehead atoms. The molecule has 21 heavy (non-hydrogen) atoms. The molecule has 0 aliphatic carbocycles. The van der Waals surface area contributed by atoms with Crippen molar-refractivity contribution in [3.8, 4) is 0 Å². The Morgan fingerprint density at radius 1 is 1.48 bits per heavy atom. The molecule has 0 aliphatic heterocycles. The molecule has 1 atom stereocenters. The van der Waals surface area contributed by atoms with Crippen molar-refractivity contribution in [1.29, 1.82) is 0 Å². The van der Waals surface area contributed by atoms with E-state index in [9.17, 15) is 0 Å². The maximum absolute atomic E-state index is 6.45. The molecule has 0 radical (unpaired) electrons. The summed E-state index contributed by atoms with van der Waals surface area (Å²) in [6.45, 7) is 8.09. The minimum atomic E-state index is 0.278. The minimum Gasteiger partial charge on any atom is -0.309 e. The topological polar surface area (TPSA) is 29.9 Å². The van der Waals surface area contributed by atoms with Gasteiger partial charge in [-0.2, -0.15) is 5.10 Å². The lowest BCUT2D eigenvalue weighted by Crippen LogP contribution is -2.24. The first-order valence-electron chi connectivity index (χ1n) is 7.25. The van der Waals surface area contributed by atoms with Crippen molar-refractivity contribution < 1.29 is 0 Å². The van der Waals surface area contributed by atoms with Gasteiger partial charge in [0.05, 0.1) is 16.4 Å². The van der Waals surface area contributed by atoms with E-state index in [4.69, 9.17) is 11.6 Å². The first-order valence-corrected chi connectivity index (χ1v) is 9.30. The van der Waals surface area contributed by atoms with Crippen LogP contribution in [0.3, 0.4) is 0 Å². The Labute approximate surface area is 143 Å². The predicted octanol–water partition coefficient (Wildman–Crippen LogP) is 4.97. The van der Waals surface area contributed by atoms with Gasteiger partial charge in [0, 0.05) is 33.7 Å². The van der Waals surface area contributed by atoms with Crippen LogP contribution in [0.5, 0.6) is 0 Å². The van der Waals surface area contributed by atoms with E-state index in [2.05, 4.69) is 51.6 Å². The van der Waals surface area contributed by atoms with Crippen LogP contribution in [0, 0.1) is 6.92 Å². The molecule has 6 heteroatoms. The van der Waals surface area contributed by atoms with Gasteiger partial charge >= 0.3 is 0 Å². The number of thiophene rings is 1. The summed E-state index contributed by atoms with van der Waals surface area (Å²) in [6.07, 6.45) is 1.98. The highest BCUT2D eigenvalue weighted by Crippen LogP contribution is 2.30. The average Bonchev–Trinajstić information content (AvgIpc) is 3.01. The highest BCUT2D eigenvalue weighted by atomic mass is 79.9. The highest BCUT2D eigenvalue weighted by molar-refractivity contribution is 9.10. The summed E-state index contributed by atoms with van der Waals surface area (Å²) < 4.78 is 3.15. The smallest absolute Gasteiger partial charge is 0.0847 e. The molecule has 2 aromatic heterocycles. The van der Waals surface area contributed by atoms with Crippen LogP contribution >= 0.6 is 38.9 Å². The standard InChI is InChI=1S/C15H21BrClN3S/c1-4-6-18-12(14-7-11(16)9-21-14)8-13-15(17)10(3)19-20(13)5-2/h7,9,12,18H,4-6,8H2,1-3H3. The van der Waals surface area contributed by atoms with Crippen LogP contribution in [0.1, 0.15) is 42.6 Å². The molecule has 0 amide bonds. The molecule has 2 aromatic rings. The third-order valence-corrected chi connectivity index (χ3v) is 5.72. The molecule has 0 saturated heterocycles. The SMILES string of the molecule is CCCNC(Cc1c(Cl)c(C)nn1CC)c1cc(Br)cs1. The fourth-order valence-electron chi connectivity index (χ4n) is 2.36. The number of aryl methyl sites for hydroxylation is 2. The zero-order valence-electron chi connectivity index (χ0n) is 12.6. The van der Waals surface area contributed by atoms with Crippen molar-refractivity contribution in [3.05, 3.63) is 37.2 Å². The summed E-state index contributed by atoms with van der Waals surface area (Å²) >= 11 is 11.8. The normalized spacial score (nSPS) is 12.8. The second kappa shape index (κ2) is 7.77. The first kappa shape index (κ1) is 17.0. The minimum absolute atomic E-state index is 0.278. The quantitative estimate of drug-likeness (QED) is 0.723. The molecule has 0 fully saturated rings. The van der Waals surface area contributed by atoms with E-state index in [1.165, 1.54) is 4.88 Å². The Morgan fingerprint density at radius 2 is 2.24 bits per heavy atom. The zero-order valence-corrected chi connectivity index (χ0v) is 15.8. The van der Waals surface area contributed by atoms with E-state index in [1.807, 2.05) is 11.6 Å². The number of hydrogen-bond donors (Lipinski definition) is 1. The van der Waals surface area contributed by atoms with Crippen LogP contribution in [0.25, 0.3) is 0 Å². The van der Waals surface area contributed by atoms with E-state index in [0.717, 1.165) is 46.8 Å². The van der Waals surface area contributed by atoms with Crippen molar-refractivity contribution in [2.24, 2.45) is 0 Å². The molecule has 0 saturated carbocycles. The molecular formula is C15H21BrClN3S. The van der Waals surface area contributed by atoms with Crippen molar-refractivity contribution in [1.82, 2.24) is 15.1 Å². The molecule has 2 heterocycles. The van der Waals surface area contributed by atoms with Gasteiger partial charge in [0.1, 0.15) is 0 Å². The van der Waals surface area contributed by atoms with Gasteiger partial charge in [-0.15, -0.1) is 11.3 Å². The summed E-state index contributed by atoms with van der Waals surface area (Å²) in [6, 6.07) is 2.46. The molecule has 2 rings (SSSR count). The predicted molar refractivity (Wildman–Crippen MR) is 94.4 cm³/mol. The second-order valence-corrected chi connectivity index (χ2v) is 7.28. The van der Waals surface area contributed by atoms with Gasteiger partial charge in [-0.3, -0.25) is 4.68 Å². The summed E-state index contributed by atoms with van der Waals surface area (Å²) in [5, 5.41) is 11.1. The number of rotatable bonds is 7. The van der Waals surface area contributed by atoms with E-state index >= 15 is 0 Å². The maximum Gasteiger partial charge on any atom is 0.0847 e. The Bertz CT molecular complexity index is 594. The Hall–Kier alpha value is -0.360. The lowest BCUT2D eigenvalue weighted by Gasteiger charge is -2.18. The zero-order chi connectivity index (χ0) is 15.4. The second-order valence-electron chi connectivity index (χ2n) is 5.04. The average molecular weight is 391 g/mol. The van der Waals surface area contributed by atoms with Crippen LogP contribution in [0.4, 0.5) is 0 Å². The highest BCUT2D eigenvalue weighted by Gasteiger charge is 2.20. The molecule has 0 spiro atoms. The van der Waals surface area contributed by atoms with Gasteiger partial charge in [0.15, 0.2) is 0 Å². The van der Waals surface area contributed by atoms with Crippen molar-refractivity contribution in [2.45, 2.75) is 46.2 Å². The van der Waals surface area contributed by atoms with Crippen molar-refractivity contribution >= 4 is 38.9 Å². The lowest BCUT2D eigenvalue weighted by molar-refractivity contribution is 0.508. The third kappa shape index (κ3) is 4.09. The van der Waals surface area contributed by atoms with Gasteiger partial charge in [0.2, 0.25) is 0 Å². The van der Waals surface area contributed by atoms with Gasteiger partial charge < -0.3 is 5.32 Å². The van der Waals surface area contributed by atoms with E-state index in [-0.39, 0.29) is 6.04 Å². The van der Waals surface area contributed by atoms with Gasteiger partial charge in [-0.1, -0.05) is 18.5 Å². The summed E-state index contributed by atoms with van der Waals surface area (Å²) in [7, 11) is 0. The monoisotopic (exact) mass is 389 g/mol. The number of halogens is 2. The molecule has 116 valence electrons. The van der Waals surface area contributed by atoms with Gasteiger partial charge in [-0.25, -0.2) is 0 Å². The Morgan fingerprint density at radius 3 is 2.81 bits per heavy atom. The molecule has 3 nitrogen and oxygen atoms in total.